The Morgan fingerprint density at radius 1 is 0.967 bits per heavy atom. The van der Waals surface area contributed by atoms with E-state index in [1.54, 1.807) is 12.1 Å². The fraction of sp³-hybridized carbons (Fsp3) is 0.654. The summed E-state index contributed by atoms with van der Waals surface area (Å²) in [5.74, 6) is 2.09. The fourth-order valence-corrected chi connectivity index (χ4v) is 5.49. The number of carbonyl (C=O) groups is 1. The van der Waals surface area contributed by atoms with Gasteiger partial charge in [0.2, 0.25) is 0 Å². The van der Waals surface area contributed by atoms with Gasteiger partial charge in [0, 0.05) is 0 Å². The number of benzene rings is 1. The Morgan fingerprint density at radius 2 is 1.53 bits per heavy atom. The standard InChI is InChI=1S/C26H36ClFO2/c27-24-17-16-23(18-25(24)28)15-14-22-12-10-21(11-13-22)9-8-20-6-4-19(5-7-20)2-1-3-26(29)30/h1-2,16-22H,3-15H2,(H,29,30)/t19-,20-,21-,22-. The molecule has 1 aromatic rings. The van der Waals surface area contributed by atoms with Gasteiger partial charge in [0.1, 0.15) is 5.82 Å². The lowest BCUT2D eigenvalue weighted by molar-refractivity contribution is -0.136. The summed E-state index contributed by atoms with van der Waals surface area (Å²) in [6.07, 6.45) is 19.4. The number of hydrogen-bond donors (Lipinski definition) is 1. The van der Waals surface area contributed by atoms with Crippen LogP contribution in [0.2, 0.25) is 5.02 Å². The average molecular weight is 435 g/mol. The molecule has 2 saturated carbocycles. The van der Waals surface area contributed by atoms with Crippen LogP contribution < -0.4 is 0 Å². The Balaban J connectivity index is 1.28. The van der Waals surface area contributed by atoms with Crippen LogP contribution in [0.25, 0.3) is 0 Å². The van der Waals surface area contributed by atoms with E-state index in [4.69, 9.17) is 16.7 Å². The Labute approximate surface area is 185 Å². The van der Waals surface area contributed by atoms with Crippen molar-refractivity contribution in [3.8, 4) is 0 Å². The summed E-state index contributed by atoms with van der Waals surface area (Å²) in [7, 11) is 0. The van der Waals surface area contributed by atoms with E-state index in [2.05, 4.69) is 6.08 Å². The zero-order valence-corrected chi connectivity index (χ0v) is 18.8. The quantitative estimate of drug-likeness (QED) is 0.402. The molecule has 166 valence electrons. The predicted molar refractivity (Wildman–Crippen MR) is 121 cm³/mol. The van der Waals surface area contributed by atoms with Crippen molar-refractivity contribution < 1.29 is 14.3 Å². The first kappa shape index (κ1) is 23.3. The highest BCUT2D eigenvalue weighted by Gasteiger charge is 2.24. The lowest BCUT2D eigenvalue weighted by Gasteiger charge is -2.31. The van der Waals surface area contributed by atoms with Gasteiger partial charge in [-0.1, -0.05) is 68.3 Å². The van der Waals surface area contributed by atoms with Gasteiger partial charge in [0.15, 0.2) is 0 Å². The molecule has 0 saturated heterocycles. The molecular formula is C26H36ClFO2. The highest BCUT2D eigenvalue weighted by molar-refractivity contribution is 6.30. The van der Waals surface area contributed by atoms with Crippen molar-refractivity contribution in [2.75, 3.05) is 0 Å². The van der Waals surface area contributed by atoms with Crippen molar-refractivity contribution >= 4 is 17.6 Å². The minimum Gasteiger partial charge on any atom is -0.481 e. The number of carboxylic acids is 1. The highest BCUT2D eigenvalue weighted by Crippen LogP contribution is 2.38. The first-order valence-electron chi connectivity index (χ1n) is 11.8. The van der Waals surface area contributed by atoms with Crippen molar-refractivity contribution in [3.05, 3.63) is 46.8 Å². The molecule has 0 spiro atoms. The minimum absolute atomic E-state index is 0.152. The molecule has 2 aliphatic carbocycles. The van der Waals surface area contributed by atoms with Crippen LogP contribution in [-0.2, 0) is 11.2 Å². The summed E-state index contributed by atoms with van der Waals surface area (Å²) >= 11 is 5.77. The summed E-state index contributed by atoms with van der Waals surface area (Å²) in [5.41, 5.74) is 1.06. The monoisotopic (exact) mass is 434 g/mol. The second-order valence-corrected chi connectivity index (χ2v) is 9.97. The summed E-state index contributed by atoms with van der Waals surface area (Å²) in [6, 6.07) is 5.21. The fourth-order valence-electron chi connectivity index (χ4n) is 5.38. The van der Waals surface area contributed by atoms with Gasteiger partial charge >= 0.3 is 5.97 Å². The van der Waals surface area contributed by atoms with Crippen molar-refractivity contribution in [2.45, 2.75) is 83.5 Å². The maximum absolute atomic E-state index is 13.6. The molecule has 0 amide bonds. The van der Waals surface area contributed by atoms with E-state index in [0.29, 0.717) is 5.92 Å². The SMILES string of the molecule is O=C(O)CC=C[C@H]1CC[C@H](CC[C@H]2CC[C@H](CCc3ccc(Cl)c(F)c3)CC2)CC1. The first-order valence-corrected chi connectivity index (χ1v) is 12.2. The third-order valence-electron chi connectivity index (χ3n) is 7.37. The summed E-state index contributed by atoms with van der Waals surface area (Å²) in [5, 5.41) is 8.94. The molecule has 0 aromatic heterocycles. The molecule has 0 unspecified atom stereocenters. The van der Waals surface area contributed by atoms with Crippen molar-refractivity contribution in [3.63, 3.8) is 0 Å². The Kier molecular flexibility index (Phi) is 9.24. The molecule has 2 aliphatic rings. The maximum Gasteiger partial charge on any atom is 0.307 e. The first-order chi connectivity index (χ1) is 14.5. The lowest BCUT2D eigenvalue weighted by Crippen LogP contribution is -2.18. The zero-order chi connectivity index (χ0) is 21.3. The number of rotatable bonds is 9. The molecule has 3 rings (SSSR count). The topological polar surface area (TPSA) is 37.3 Å². The lowest BCUT2D eigenvalue weighted by atomic mass is 9.74. The third kappa shape index (κ3) is 7.72. The van der Waals surface area contributed by atoms with Crippen LogP contribution in [0.4, 0.5) is 4.39 Å². The largest absolute Gasteiger partial charge is 0.481 e. The van der Waals surface area contributed by atoms with Gasteiger partial charge in [0.25, 0.3) is 0 Å². The van der Waals surface area contributed by atoms with Crippen molar-refractivity contribution in [1.82, 2.24) is 0 Å². The smallest absolute Gasteiger partial charge is 0.307 e. The summed E-state index contributed by atoms with van der Waals surface area (Å²) < 4.78 is 13.6. The van der Waals surface area contributed by atoms with Crippen LogP contribution in [0.1, 0.15) is 82.6 Å². The minimum atomic E-state index is -0.742. The molecule has 4 heteroatoms. The molecule has 0 bridgehead atoms. The number of aryl methyl sites for hydroxylation is 1. The van der Waals surface area contributed by atoms with Crippen LogP contribution >= 0.6 is 11.6 Å². The van der Waals surface area contributed by atoms with Gasteiger partial charge < -0.3 is 5.11 Å². The van der Waals surface area contributed by atoms with Crippen LogP contribution in [0.3, 0.4) is 0 Å². The Bertz CT molecular complexity index is 701. The molecule has 0 atom stereocenters. The Morgan fingerprint density at radius 3 is 2.10 bits per heavy atom. The molecular weight excluding hydrogens is 399 g/mol. The van der Waals surface area contributed by atoms with Gasteiger partial charge in [-0.2, -0.15) is 0 Å². The molecule has 2 nitrogen and oxygen atoms in total. The number of carboxylic acid groups (broad SMARTS) is 1. The molecule has 0 heterocycles. The third-order valence-corrected chi connectivity index (χ3v) is 7.67. The number of allylic oxidation sites excluding steroid dienone is 1. The second kappa shape index (κ2) is 11.9. The van der Waals surface area contributed by atoms with E-state index in [1.807, 2.05) is 12.1 Å². The highest BCUT2D eigenvalue weighted by atomic mass is 35.5. The van der Waals surface area contributed by atoms with Crippen LogP contribution in [0.5, 0.6) is 0 Å². The van der Waals surface area contributed by atoms with Gasteiger partial charge in [-0.25, -0.2) is 4.39 Å². The van der Waals surface area contributed by atoms with Crippen LogP contribution in [0, 0.1) is 29.5 Å². The molecule has 0 aliphatic heterocycles. The molecule has 0 radical (unpaired) electrons. The maximum atomic E-state index is 13.6. The molecule has 1 N–H and O–H groups in total. The van der Waals surface area contributed by atoms with Crippen LogP contribution in [-0.4, -0.2) is 11.1 Å². The van der Waals surface area contributed by atoms with E-state index in [0.717, 1.165) is 36.2 Å². The Hall–Kier alpha value is -1.35. The van der Waals surface area contributed by atoms with E-state index in [1.165, 1.54) is 64.2 Å². The van der Waals surface area contributed by atoms with Crippen LogP contribution in [0.15, 0.2) is 30.4 Å². The van der Waals surface area contributed by atoms with Crippen molar-refractivity contribution in [2.24, 2.45) is 23.7 Å². The van der Waals surface area contributed by atoms with Gasteiger partial charge in [-0.3, -0.25) is 4.79 Å². The normalized spacial score (nSPS) is 27.4. The predicted octanol–water partition coefficient (Wildman–Crippen LogP) is 7.84. The van der Waals surface area contributed by atoms with E-state index >= 15 is 0 Å². The van der Waals surface area contributed by atoms with E-state index in [9.17, 15) is 9.18 Å². The second-order valence-electron chi connectivity index (χ2n) is 9.56. The van der Waals surface area contributed by atoms with Gasteiger partial charge in [-0.05, 0) is 79.9 Å². The van der Waals surface area contributed by atoms with Gasteiger partial charge in [-0.15, -0.1) is 0 Å². The number of aliphatic carboxylic acids is 1. The molecule has 1 aromatic carbocycles. The zero-order valence-electron chi connectivity index (χ0n) is 18.0. The average Bonchev–Trinajstić information content (AvgIpc) is 2.74. The van der Waals surface area contributed by atoms with E-state index < -0.39 is 5.97 Å². The summed E-state index contributed by atoms with van der Waals surface area (Å²) in [4.78, 5) is 10.6. The molecule has 2 fully saturated rings. The molecule has 30 heavy (non-hydrogen) atoms. The van der Waals surface area contributed by atoms with Crippen molar-refractivity contribution in [1.29, 1.82) is 0 Å². The number of halogens is 2. The van der Waals surface area contributed by atoms with Gasteiger partial charge in [0.05, 0.1) is 11.4 Å². The van der Waals surface area contributed by atoms with E-state index in [-0.39, 0.29) is 17.3 Å². The summed E-state index contributed by atoms with van der Waals surface area (Å²) in [6.45, 7) is 0. The number of hydrogen-bond acceptors (Lipinski definition) is 1.